The van der Waals surface area contributed by atoms with Crippen LogP contribution in [0.1, 0.15) is 12.5 Å². The molecule has 1 heterocycles. The van der Waals surface area contributed by atoms with Crippen LogP contribution in [0.3, 0.4) is 0 Å². The van der Waals surface area contributed by atoms with Crippen LogP contribution in [0.25, 0.3) is 0 Å². The van der Waals surface area contributed by atoms with Gasteiger partial charge < -0.3 is 14.8 Å². The van der Waals surface area contributed by atoms with Crippen molar-refractivity contribution in [2.75, 3.05) is 19.0 Å². The highest BCUT2D eigenvalue weighted by Crippen LogP contribution is 2.26. The Morgan fingerprint density at radius 3 is 2.53 bits per heavy atom. The number of nitrogens with zero attached hydrogens (tertiary/aromatic N) is 1. The first kappa shape index (κ1) is 13.2. The van der Waals surface area contributed by atoms with E-state index in [1.807, 2.05) is 49.5 Å². The van der Waals surface area contributed by atoms with Gasteiger partial charge in [-0.2, -0.15) is 0 Å². The van der Waals surface area contributed by atoms with Gasteiger partial charge in [0, 0.05) is 18.3 Å². The number of para-hydroxylation sites is 2. The molecule has 0 aliphatic rings. The Kier molecular flexibility index (Phi) is 4.61. The molecule has 4 heteroatoms. The summed E-state index contributed by atoms with van der Waals surface area (Å²) in [5.74, 6) is 2.35. The van der Waals surface area contributed by atoms with E-state index in [9.17, 15) is 0 Å². The number of hydrogen-bond donors (Lipinski definition) is 1. The Hall–Kier alpha value is -2.23. The lowest BCUT2D eigenvalue weighted by Crippen LogP contribution is -2.01. The van der Waals surface area contributed by atoms with Gasteiger partial charge in [0.15, 0.2) is 11.5 Å². The second kappa shape index (κ2) is 6.64. The van der Waals surface area contributed by atoms with E-state index in [2.05, 4.69) is 10.3 Å². The lowest BCUT2D eigenvalue weighted by molar-refractivity contribution is 0.284. The van der Waals surface area contributed by atoms with E-state index in [1.165, 1.54) is 0 Å². The molecule has 1 N–H and O–H groups in total. The van der Waals surface area contributed by atoms with Crippen molar-refractivity contribution in [1.29, 1.82) is 0 Å². The minimum absolute atomic E-state index is 0.472. The molecule has 2 rings (SSSR count). The van der Waals surface area contributed by atoms with Gasteiger partial charge in [0.05, 0.1) is 7.11 Å². The minimum atomic E-state index is 0.472. The van der Waals surface area contributed by atoms with E-state index in [0.717, 1.165) is 29.4 Å². The van der Waals surface area contributed by atoms with E-state index >= 15 is 0 Å². The summed E-state index contributed by atoms with van der Waals surface area (Å²) in [7, 11) is 1.63. The van der Waals surface area contributed by atoms with E-state index in [-0.39, 0.29) is 0 Å². The van der Waals surface area contributed by atoms with Gasteiger partial charge in [0.2, 0.25) is 0 Å². The van der Waals surface area contributed by atoms with Crippen molar-refractivity contribution < 1.29 is 9.47 Å². The van der Waals surface area contributed by atoms with Crippen LogP contribution in [0.15, 0.2) is 42.6 Å². The number of nitrogens with one attached hydrogen (secondary N) is 1. The average Bonchev–Trinajstić information content (AvgIpc) is 2.47. The first-order chi connectivity index (χ1) is 9.33. The molecule has 4 nitrogen and oxygen atoms in total. The van der Waals surface area contributed by atoms with Crippen LogP contribution < -0.4 is 14.8 Å². The third kappa shape index (κ3) is 3.61. The maximum absolute atomic E-state index is 5.73. The molecule has 0 amide bonds. The summed E-state index contributed by atoms with van der Waals surface area (Å²) in [6.45, 7) is 3.38. The molecule has 0 saturated carbocycles. The quantitative estimate of drug-likeness (QED) is 0.864. The van der Waals surface area contributed by atoms with E-state index in [1.54, 1.807) is 7.11 Å². The molecule has 1 aromatic carbocycles. The molecule has 100 valence electrons. The molecule has 0 fully saturated rings. The summed E-state index contributed by atoms with van der Waals surface area (Å²) in [6, 6.07) is 11.6. The van der Waals surface area contributed by atoms with Crippen molar-refractivity contribution >= 4 is 5.82 Å². The number of anilines is 1. The maximum Gasteiger partial charge on any atom is 0.161 e. The van der Waals surface area contributed by atoms with Crippen LogP contribution in [-0.4, -0.2) is 18.6 Å². The predicted octanol–water partition coefficient (Wildman–Crippen LogP) is 3.10. The van der Waals surface area contributed by atoms with Crippen LogP contribution in [0, 0.1) is 0 Å². The first-order valence-electron chi connectivity index (χ1n) is 6.28. The number of benzene rings is 1. The van der Waals surface area contributed by atoms with Crippen molar-refractivity contribution in [3.63, 3.8) is 0 Å². The molecule has 1 aromatic heterocycles. The number of hydrogen-bond acceptors (Lipinski definition) is 4. The predicted molar refractivity (Wildman–Crippen MR) is 75.7 cm³/mol. The summed E-state index contributed by atoms with van der Waals surface area (Å²) in [5.41, 5.74) is 1.02. The van der Waals surface area contributed by atoms with Crippen LogP contribution in [0.4, 0.5) is 5.82 Å². The standard InChI is InChI=1S/C15H18N2O2/c1-3-16-15-9-8-12(10-17-15)11-19-14-7-5-4-6-13(14)18-2/h4-10H,3,11H2,1-2H3,(H,16,17). The zero-order valence-corrected chi connectivity index (χ0v) is 11.2. The summed E-state index contributed by atoms with van der Waals surface area (Å²) >= 11 is 0. The zero-order valence-electron chi connectivity index (χ0n) is 11.2. The molecule has 0 spiro atoms. The Balaban J connectivity index is 1.98. The van der Waals surface area contributed by atoms with Gasteiger partial charge in [-0.05, 0) is 25.1 Å². The summed E-state index contributed by atoms with van der Waals surface area (Å²) in [6.07, 6.45) is 1.81. The minimum Gasteiger partial charge on any atom is -0.493 e. The van der Waals surface area contributed by atoms with Gasteiger partial charge in [-0.25, -0.2) is 4.98 Å². The highest BCUT2D eigenvalue weighted by atomic mass is 16.5. The molecule has 0 aliphatic heterocycles. The lowest BCUT2D eigenvalue weighted by atomic mass is 10.3. The van der Waals surface area contributed by atoms with Crippen LogP contribution in [-0.2, 0) is 6.61 Å². The van der Waals surface area contributed by atoms with E-state index < -0.39 is 0 Å². The summed E-state index contributed by atoms with van der Waals surface area (Å²) in [5, 5.41) is 3.15. The molecule has 0 bridgehead atoms. The van der Waals surface area contributed by atoms with Crippen LogP contribution in [0.5, 0.6) is 11.5 Å². The van der Waals surface area contributed by atoms with Gasteiger partial charge in [-0.1, -0.05) is 18.2 Å². The SMILES string of the molecule is CCNc1ccc(COc2ccccc2OC)cn1. The fourth-order valence-electron chi connectivity index (χ4n) is 1.69. The monoisotopic (exact) mass is 258 g/mol. The summed E-state index contributed by atoms with van der Waals surface area (Å²) < 4.78 is 11.0. The third-order valence-electron chi connectivity index (χ3n) is 2.65. The number of pyridine rings is 1. The van der Waals surface area contributed by atoms with E-state index in [4.69, 9.17) is 9.47 Å². The number of methoxy groups -OCH3 is 1. The van der Waals surface area contributed by atoms with Crippen molar-refractivity contribution in [3.05, 3.63) is 48.2 Å². The summed E-state index contributed by atoms with van der Waals surface area (Å²) in [4.78, 5) is 4.30. The fourth-order valence-corrected chi connectivity index (χ4v) is 1.69. The van der Waals surface area contributed by atoms with Crippen LogP contribution in [0.2, 0.25) is 0 Å². The Labute approximate surface area is 113 Å². The second-order valence-corrected chi connectivity index (χ2v) is 4.02. The maximum atomic E-state index is 5.73. The molecule has 19 heavy (non-hydrogen) atoms. The topological polar surface area (TPSA) is 43.4 Å². The lowest BCUT2D eigenvalue weighted by Gasteiger charge is -2.10. The normalized spacial score (nSPS) is 10.0. The molecule has 0 saturated heterocycles. The number of ether oxygens (including phenoxy) is 2. The number of aromatic nitrogens is 1. The Bertz CT molecular complexity index is 512. The van der Waals surface area contributed by atoms with Crippen molar-refractivity contribution in [1.82, 2.24) is 4.98 Å². The largest absolute Gasteiger partial charge is 0.493 e. The number of rotatable bonds is 6. The second-order valence-electron chi connectivity index (χ2n) is 4.02. The Morgan fingerprint density at radius 2 is 1.89 bits per heavy atom. The fraction of sp³-hybridized carbons (Fsp3) is 0.267. The van der Waals surface area contributed by atoms with Crippen molar-refractivity contribution in [2.24, 2.45) is 0 Å². The first-order valence-corrected chi connectivity index (χ1v) is 6.28. The molecule has 0 aliphatic carbocycles. The molecule has 0 atom stereocenters. The highest BCUT2D eigenvalue weighted by Gasteiger charge is 2.03. The van der Waals surface area contributed by atoms with Gasteiger partial charge in [-0.3, -0.25) is 0 Å². The smallest absolute Gasteiger partial charge is 0.161 e. The van der Waals surface area contributed by atoms with Gasteiger partial charge in [0.1, 0.15) is 12.4 Å². The Morgan fingerprint density at radius 1 is 1.11 bits per heavy atom. The van der Waals surface area contributed by atoms with Gasteiger partial charge in [-0.15, -0.1) is 0 Å². The van der Waals surface area contributed by atoms with Gasteiger partial charge >= 0.3 is 0 Å². The average molecular weight is 258 g/mol. The molecule has 0 radical (unpaired) electrons. The van der Waals surface area contributed by atoms with Crippen molar-refractivity contribution in [2.45, 2.75) is 13.5 Å². The van der Waals surface area contributed by atoms with Gasteiger partial charge in [0.25, 0.3) is 0 Å². The molecule has 2 aromatic rings. The molecule has 0 unspecified atom stereocenters. The van der Waals surface area contributed by atoms with E-state index in [0.29, 0.717) is 6.61 Å². The zero-order chi connectivity index (χ0) is 13.5. The van der Waals surface area contributed by atoms with Crippen LogP contribution >= 0.6 is 0 Å². The molecular weight excluding hydrogens is 240 g/mol. The molecular formula is C15H18N2O2. The third-order valence-corrected chi connectivity index (χ3v) is 2.65. The highest BCUT2D eigenvalue weighted by molar-refractivity contribution is 5.40. The van der Waals surface area contributed by atoms with Crippen molar-refractivity contribution in [3.8, 4) is 11.5 Å².